The zero-order valence-electron chi connectivity index (χ0n) is 14.8. The Hall–Kier alpha value is -2.13. The minimum atomic E-state index is 0.424. The van der Waals surface area contributed by atoms with Crippen molar-refractivity contribution >= 4 is 27.5 Å². The zero-order chi connectivity index (χ0) is 16.9. The SMILES string of the molecule is CC(C)NCCCC(C)Nc1c2ccccc2nc2ccccc12. The van der Waals surface area contributed by atoms with Crippen molar-refractivity contribution < 1.29 is 0 Å². The van der Waals surface area contributed by atoms with E-state index in [0.717, 1.165) is 24.0 Å². The van der Waals surface area contributed by atoms with Crippen molar-refractivity contribution in [2.75, 3.05) is 11.9 Å². The van der Waals surface area contributed by atoms with E-state index in [2.05, 4.69) is 79.9 Å². The number of fused-ring (bicyclic) bond motifs is 2. The molecule has 0 saturated heterocycles. The summed E-state index contributed by atoms with van der Waals surface area (Å²) >= 11 is 0. The fraction of sp³-hybridized carbons (Fsp3) is 0.381. The first kappa shape index (κ1) is 16.7. The second kappa shape index (κ2) is 7.63. The van der Waals surface area contributed by atoms with Crippen molar-refractivity contribution in [1.29, 1.82) is 0 Å². The number of nitrogens with zero attached hydrogens (tertiary/aromatic N) is 1. The molecule has 1 aromatic heterocycles. The highest BCUT2D eigenvalue weighted by atomic mass is 14.9. The summed E-state index contributed by atoms with van der Waals surface area (Å²) in [6, 6.07) is 17.7. The van der Waals surface area contributed by atoms with Crippen LogP contribution in [0.3, 0.4) is 0 Å². The lowest BCUT2D eigenvalue weighted by Gasteiger charge is -2.19. The first-order valence-corrected chi connectivity index (χ1v) is 8.92. The molecule has 0 bridgehead atoms. The van der Waals surface area contributed by atoms with E-state index in [-0.39, 0.29) is 0 Å². The standard InChI is InChI=1S/C21H27N3/c1-15(2)22-14-8-9-16(3)23-21-17-10-4-6-12-19(17)24-20-13-7-5-11-18(20)21/h4-7,10-13,15-16,22H,8-9,14H2,1-3H3,(H,23,24). The summed E-state index contributed by atoms with van der Waals surface area (Å²) in [5, 5.41) is 9.63. The molecule has 3 heteroatoms. The average Bonchev–Trinajstić information content (AvgIpc) is 2.58. The summed E-state index contributed by atoms with van der Waals surface area (Å²) in [6.07, 6.45) is 2.32. The van der Waals surface area contributed by atoms with Crippen molar-refractivity contribution in [3.05, 3.63) is 48.5 Å². The third-order valence-electron chi connectivity index (χ3n) is 4.34. The number of hydrogen-bond donors (Lipinski definition) is 2. The smallest absolute Gasteiger partial charge is 0.0730 e. The van der Waals surface area contributed by atoms with Crippen LogP contribution in [0.2, 0.25) is 0 Å². The van der Waals surface area contributed by atoms with Crippen molar-refractivity contribution in [2.45, 2.75) is 45.7 Å². The Bertz CT molecular complexity index is 756. The van der Waals surface area contributed by atoms with Gasteiger partial charge in [0.2, 0.25) is 0 Å². The van der Waals surface area contributed by atoms with Crippen LogP contribution in [0, 0.1) is 0 Å². The second-order valence-electron chi connectivity index (χ2n) is 6.82. The van der Waals surface area contributed by atoms with E-state index in [1.54, 1.807) is 0 Å². The number of aromatic nitrogens is 1. The molecule has 0 aliphatic rings. The topological polar surface area (TPSA) is 37.0 Å². The van der Waals surface area contributed by atoms with E-state index < -0.39 is 0 Å². The van der Waals surface area contributed by atoms with E-state index >= 15 is 0 Å². The van der Waals surface area contributed by atoms with E-state index in [1.807, 2.05) is 0 Å². The lowest BCUT2D eigenvalue weighted by atomic mass is 10.1. The summed E-state index contributed by atoms with van der Waals surface area (Å²) in [5.74, 6) is 0. The summed E-state index contributed by atoms with van der Waals surface area (Å²) in [7, 11) is 0. The highest BCUT2D eigenvalue weighted by Gasteiger charge is 2.11. The number of pyridine rings is 1. The number of hydrogen-bond acceptors (Lipinski definition) is 3. The highest BCUT2D eigenvalue weighted by molar-refractivity contribution is 6.07. The van der Waals surface area contributed by atoms with Crippen LogP contribution in [0.25, 0.3) is 21.8 Å². The van der Waals surface area contributed by atoms with Crippen LogP contribution in [0.5, 0.6) is 0 Å². The Kier molecular flexibility index (Phi) is 5.31. The number of para-hydroxylation sites is 2. The van der Waals surface area contributed by atoms with Gasteiger partial charge >= 0.3 is 0 Å². The predicted molar refractivity (Wildman–Crippen MR) is 105 cm³/mol. The van der Waals surface area contributed by atoms with Gasteiger partial charge in [-0.2, -0.15) is 0 Å². The fourth-order valence-corrected chi connectivity index (χ4v) is 3.11. The van der Waals surface area contributed by atoms with Crippen molar-refractivity contribution in [3.8, 4) is 0 Å². The summed E-state index contributed by atoms with van der Waals surface area (Å²) in [5.41, 5.74) is 3.31. The van der Waals surface area contributed by atoms with Crippen molar-refractivity contribution in [1.82, 2.24) is 10.3 Å². The third kappa shape index (κ3) is 3.85. The lowest BCUT2D eigenvalue weighted by Crippen LogP contribution is -2.25. The molecule has 0 saturated carbocycles. The zero-order valence-corrected chi connectivity index (χ0v) is 14.8. The Morgan fingerprint density at radius 1 is 0.875 bits per heavy atom. The molecule has 1 atom stereocenters. The van der Waals surface area contributed by atoms with Gasteiger partial charge in [0.25, 0.3) is 0 Å². The van der Waals surface area contributed by atoms with Gasteiger partial charge in [0, 0.05) is 22.9 Å². The van der Waals surface area contributed by atoms with Crippen LogP contribution in [0.4, 0.5) is 5.69 Å². The molecule has 3 rings (SSSR count). The number of nitrogens with one attached hydrogen (secondary N) is 2. The molecule has 0 aliphatic heterocycles. The molecule has 3 aromatic rings. The molecular weight excluding hydrogens is 294 g/mol. The highest BCUT2D eigenvalue weighted by Crippen LogP contribution is 2.31. The first-order chi connectivity index (χ1) is 11.6. The molecule has 0 amide bonds. The van der Waals surface area contributed by atoms with E-state index in [9.17, 15) is 0 Å². The molecule has 126 valence electrons. The molecule has 2 N–H and O–H groups in total. The molecule has 0 aliphatic carbocycles. The van der Waals surface area contributed by atoms with Gasteiger partial charge in [-0.25, -0.2) is 4.98 Å². The molecular formula is C21H27N3. The molecule has 0 radical (unpaired) electrons. The third-order valence-corrected chi connectivity index (χ3v) is 4.34. The van der Waals surface area contributed by atoms with Gasteiger partial charge in [0.15, 0.2) is 0 Å². The molecule has 1 unspecified atom stereocenters. The van der Waals surface area contributed by atoms with E-state index in [0.29, 0.717) is 12.1 Å². The monoisotopic (exact) mass is 321 g/mol. The maximum atomic E-state index is 4.79. The quantitative estimate of drug-likeness (QED) is 0.477. The van der Waals surface area contributed by atoms with Gasteiger partial charge in [-0.05, 0) is 38.4 Å². The van der Waals surface area contributed by atoms with Crippen LogP contribution in [0.1, 0.15) is 33.6 Å². The van der Waals surface area contributed by atoms with Gasteiger partial charge in [0.1, 0.15) is 0 Å². The van der Waals surface area contributed by atoms with Gasteiger partial charge in [-0.3, -0.25) is 0 Å². The second-order valence-corrected chi connectivity index (χ2v) is 6.82. The average molecular weight is 321 g/mol. The maximum absolute atomic E-state index is 4.79. The lowest BCUT2D eigenvalue weighted by molar-refractivity contribution is 0.542. The molecule has 0 fully saturated rings. The number of rotatable bonds is 7. The largest absolute Gasteiger partial charge is 0.381 e. The van der Waals surface area contributed by atoms with Gasteiger partial charge in [0.05, 0.1) is 16.7 Å². The number of anilines is 1. The maximum Gasteiger partial charge on any atom is 0.0730 e. The van der Waals surface area contributed by atoms with E-state index in [4.69, 9.17) is 4.98 Å². The Balaban J connectivity index is 1.84. The first-order valence-electron chi connectivity index (χ1n) is 8.92. The normalized spacial score (nSPS) is 12.8. The van der Waals surface area contributed by atoms with E-state index in [1.165, 1.54) is 22.9 Å². The van der Waals surface area contributed by atoms with Crippen LogP contribution in [-0.2, 0) is 0 Å². The summed E-state index contributed by atoms with van der Waals surface area (Å²) < 4.78 is 0. The Morgan fingerprint density at radius 2 is 1.46 bits per heavy atom. The molecule has 2 aromatic carbocycles. The molecule has 24 heavy (non-hydrogen) atoms. The van der Waals surface area contributed by atoms with Crippen LogP contribution >= 0.6 is 0 Å². The summed E-state index contributed by atoms with van der Waals surface area (Å²) in [4.78, 5) is 4.79. The minimum Gasteiger partial charge on any atom is -0.381 e. The van der Waals surface area contributed by atoms with Crippen LogP contribution in [-0.4, -0.2) is 23.6 Å². The molecule has 0 spiro atoms. The van der Waals surface area contributed by atoms with Gasteiger partial charge in [-0.15, -0.1) is 0 Å². The molecule has 1 heterocycles. The summed E-state index contributed by atoms with van der Waals surface area (Å²) in [6.45, 7) is 7.72. The number of benzene rings is 2. The van der Waals surface area contributed by atoms with Gasteiger partial charge in [-0.1, -0.05) is 50.2 Å². The predicted octanol–water partition coefficient (Wildman–Crippen LogP) is 4.97. The Morgan fingerprint density at radius 3 is 2.04 bits per heavy atom. The minimum absolute atomic E-state index is 0.424. The van der Waals surface area contributed by atoms with Crippen LogP contribution < -0.4 is 10.6 Å². The fourth-order valence-electron chi connectivity index (χ4n) is 3.11. The Labute approximate surface area is 144 Å². The van der Waals surface area contributed by atoms with Crippen LogP contribution in [0.15, 0.2) is 48.5 Å². The van der Waals surface area contributed by atoms with Gasteiger partial charge < -0.3 is 10.6 Å². The van der Waals surface area contributed by atoms with Crippen molar-refractivity contribution in [2.24, 2.45) is 0 Å². The molecule has 3 nitrogen and oxygen atoms in total. The van der Waals surface area contributed by atoms with Crippen molar-refractivity contribution in [3.63, 3.8) is 0 Å².